The number of hydrogen-bond acceptors (Lipinski definition) is 2. The van der Waals surface area contributed by atoms with Crippen molar-refractivity contribution in [1.29, 1.82) is 0 Å². The van der Waals surface area contributed by atoms with Crippen molar-refractivity contribution in [2.75, 3.05) is 19.7 Å². The van der Waals surface area contributed by atoms with Gasteiger partial charge in [0.05, 0.1) is 6.61 Å². The lowest BCUT2D eigenvalue weighted by molar-refractivity contribution is 0.0696. The summed E-state index contributed by atoms with van der Waals surface area (Å²) in [6, 6.07) is 0. The van der Waals surface area contributed by atoms with E-state index in [4.69, 9.17) is 4.74 Å². The van der Waals surface area contributed by atoms with Crippen molar-refractivity contribution in [2.45, 2.75) is 41.0 Å². The van der Waals surface area contributed by atoms with Crippen LogP contribution in [0.2, 0.25) is 0 Å². The normalized spacial score (nSPS) is 11.4. The second-order valence-electron chi connectivity index (χ2n) is 6.03. The minimum Gasteiger partial charge on any atom is -0.449 e. The summed E-state index contributed by atoms with van der Waals surface area (Å²) < 4.78 is 5.32. The Hall–Kier alpha value is -0.990. The van der Waals surface area contributed by atoms with Crippen molar-refractivity contribution in [2.24, 2.45) is 11.3 Å². The van der Waals surface area contributed by atoms with Crippen LogP contribution in [0.5, 0.6) is 0 Å². The van der Waals surface area contributed by atoms with Crippen molar-refractivity contribution in [3.8, 4) is 0 Å². The Kier molecular flexibility index (Phi) is 6.93. The van der Waals surface area contributed by atoms with Crippen LogP contribution in [-0.2, 0) is 4.74 Å². The lowest BCUT2D eigenvalue weighted by Crippen LogP contribution is -2.36. The van der Waals surface area contributed by atoms with Crippen LogP contribution in [0.3, 0.4) is 0 Å². The fraction of sp³-hybridized carbons (Fsp3) is 0.786. The highest BCUT2D eigenvalue weighted by atomic mass is 16.6. The molecule has 0 aromatic heterocycles. The molecule has 0 spiro atoms. The molecule has 3 heteroatoms. The third-order valence-corrected chi connectivity index (χ3v) is 2.08. The van der Waals surface area contributed by atoms with E-state index in [1.165, 1.54) is 0 Å². The van der Waals surface area contributed by atoms with Gasteiger partial charge in [-0.2, -0.15) is 0 Å². The van der Waals surface area contributed by atoms with Gasteiger partial charge in [-0.1, -0.05) is 40.7 Å². The zero-order valence-corrected chi connectivity index (χ0v) is 12.0. The molecule has 0 aromatic rings. The van der Waals surface area contributed by atoms with E-state index in [1.54, 1.807) is 4.90 Å². The number of rotatable bonds is 6. The van der Waals surface area contributed by atoms with Gasteiger partial charge in [-0.05, 0) is 17.8 Å². The van der Waals surface area contributed by atoms with Gasteiger partial charge in [-0.15, -0.1) is 6.58 Å². The molecular weight excluding hydrogens is 214 g/mol. The third-order valence-electron chi connectivity index (χ3n) is 2.08. The molecule has 3 nitrogen and oxygen atoms in total. The molecule has 0 N–H and O–H groups in total. The van der Waals surface area contributed by atoms with E-state index in [-0.39, 0.29) is 11.5 Å². The SMILES string of the molecule is C=CCCN(CC(C)C)C(=O)OCC(C)(C)C. The molecule has 0 saturated carbocycles. The van der Waals surface area contributed by atoms with Crippen LogP contribution in [0.4, 0.5) is 4.79 Å². The summed E-state index contributed by atoms with van der Waals surface area (Å²) in [5.74, 6) is 0.446. The van der Waals surface area contributed by atoms with Crippen molar-refractivity contribution in [1.82, 2.24) is 4.90 Å². The molecule has 0 radical (unpaired) electrons. The average Bonchev–Trinajstić information content (AvgIpc) is 2.19. The fourth-order valence-electron chi connectivity index (χ4n) is 1.31. The molecule has 0 aliphatic heterocycles. The number of carbonyl (C=O) groups excluding carboxylic acids is 1. The predicted molar refractivity (Wildman–Crippen MR) is 72.0 cm³/mol. The molecule has 1 amide bonds. The maximum Gasteiger partial charge on any atom is 0.409 e. The van der Waals surface area contributed by atoms with E-state index in [0.717, 1.165) is 13.0 Å². The second kappa shape index (κ2) is 7.36. The summed E-state index contributed by atoms with van der Waals surface area (Å²) in [6.45, 7) is 15.9. The van der Waals surface area contributed by atoms with Gasteiger partial charge in [0.1, 0.15) is 0 Å². The smallest absolute Gasteiger partial charge is 0.409 e. The average molecular weight is 241 g/mol. The Morgan fingerprint density at radius 3 is 2.41 bits per heavy atom. The van der Waals surface area contributed by atoms with Gasteiger partial charge in [0.2, 0.25) is 0 Å². The van der Waals surface area contributed by atoms with E-state index < -0.39 is 0 Å². The number of amides is 1. The number of carbonyl (C=O) groups is 1. The fourth-order valence-corrected chi connectivity index (χ4v) is 1.31. The highest BCUT2D eigenvalue weighted by Crippen LogP contribution is 2.14. The van der Waals surface area contributed by atoms with Gasteiger partial charge in [0.15, 0.2) is 0 Å². The predicted octanol–water partition coefficient (Wildman–Crippen LogP) is 3.70. The van der Waals surface area contributed by atoms with Crippen LogP contribution >= 0.6 is 0 Å². The Morgan fingerprint density at radius 2 is 2.00 bits per heavy atom. The Morgan fingerprint density at radius 1 is 1.41 bits per heavy atom. The van der Waals surface area contributed by atoms with Crippen LogP contribution in [-0.4, -0.2) is 30.7 Å². The maximum atomic E-state index is 11.9. The molecule has 0 aliphatic rings. The summed E-state index contributed by atoms with van der Waals surface area (Å²) in [4.78, 5) is 13.7. The summed E-state index contributed by atoms with van der Waals surface area (Å²) in [5, 5.41) is 0. The molecule has 0 heterocycles. The first kappa shape index (κ1) is 16.0. The zero-order valence-electron chi connectivity index (χ0n) is 12.0. The van der Waals surface area contributed by atoms with Gasteiger partial charge >= 0.3 is 6.09 Å². The molecule has 17 heavy (non-hydrogen) atoms. The van der Waals surface area contributed by atoms with Gasteiger partial charge in [0.25, 0.3) is 0 Å². The first-order valence-electron chi connectivity index (χ1n) is 6.29. The lowest BCUT2D eigenvalue weighted by Gasteiger charge is -2.26. The molecular formula is C14H27NO2. The Balaban J connectivity index is 4.26. The maximum absolute atomic E-state index is 11.9. The van der Waals surface area contributed by atoms with E-state index in [1.807, 2.05) is 6.08 Å². The zero-order chi connectivity index (χ0) is 13.5. The molecule has 0 bridgehead atoms. The van der Waals surface area contributed by atoms with E-state index in [2.05, 4.69) is 41.2 Å². The Bertz CT molecular complexity index is 241. The highest BCUT2D eigenvalue weighted by Gasteiger charge is 2.19. The molecule has 0 unspecified atom stereocenters. The van der Waals surface area contributed by atoms with Crippen molar-refractivity contribution in [3.63, 3.8) is 0 Å². The van der Waals surface area contributed by atoms with E-state index in [0.29, 0.717) is 19.1 Å². The van der Waals surface area contributed by atoms with Crippen LogP contribution in [0, 0.1) is 11.3 Å². The Labute approximate surface area is 106 Å². The molecule has 0 aromatic carbocycles. The number of ether oxygens (including phenoxy) is 1. The largest absolute Gasteiger partial charge is 0.449 e. The van der Waals surface area contributed by atoms with Gasteiger partial charge in [-0.3, -0.25) is 0 Å². The first-order chi connectivity index (χ1) is 7.76. The molecule has 0 aliphatic carbocycles. The third kappa shape index (κ3) is 8.78. The second-order valence-corrected chi connectivity index (χ2v) is 6.03. The van der Waals surface area contributed by atoms with Crippen LogP contribution in [0.1, 0.15) is 41.0 Å². The van der Waals surface area contributed by atoms with Crippen LogP contribution in [0.25, 0.3) is 0 Å². The van der Waals surface area contributed by atoms with Crippen molar-refractivity contribution in [3.05, 3.63) is 12.7 Å². The minimum atomic E-state index is -0.213. The van der Waals surface area contributed by atoms with E-state index in [9.17, 15) is 4.79 Å². The first-order valence-corrected chi connectivity index (χ1v) is 6.29. The topological polar surface area (TPSA) is 29.5 Å². The van der Waals surface area contributed by atoms with Crippen LogP contribution in [0.15, 0.2) is 12.7 Å². The summed E-state index contributed by atoms with van der Waals surface area (Å²) in [5.41, 5.74) is 0.0115. The van der Waals surface area contributed by atoms with Gasteiger partial charge < -0.3 is 9.64 Å². The minimum absolute atomic E-state index is 0.0115. The summed E-state index contributed by atoms with van der Waals surface area (Å²) >= 11 is 0. The molecule has 0 rings (SSSR count). The molecule has 0 saturated heterocycles. The summed E-state index contributed by atoms with van der Waals surface area (Å²) in [7, 11) is 0. The number of nitrogens with zero attached hydrogens (tertiary/aromatic N) is 1. The molecule has 100 valence electrons. The number of hydrogen-bond donors (Lipinski definition) is 0. The quantitative estimate of drug-likeness (QED) is 0.663. The van der Waals surface area contributed by atoms with Crippen LogP contribution < -0.4 is 0 Å². The highest BCUT2D eigenvalue weighted by molar-refractivity contribution is 5.67. The lowest BCUT2D eigenvalue weighted by atomic mass is 9.99. The standard InChI is InChI=1S/C14H27NO2/c1-7-8-9-15(10-12(2)3)13(16)17-11-14(4,5)6/h7,12H,1,8-11H2,2-6H3. The van der Waals surface area contributed by atoms with Gasteiger partial charge in [-0.25, -0.2) is 4.79 Å². The van der Waals surface area contributed by atoms with Crippen molar-refractivity contribution >= 4 is 6.09 Å². The van der Waals surface area contributed by atoms with Crippen molar-refractivity contribution < 1.29 is 9.53 Å². The molecule has 0 atom stereocenters. The monoisotopic (exact) mass is 241 g/mol. The van der Waals surface area contributed by atoms with E-state index >= 15 is 0 Å². The summed E-state index contributed by atoms with van der Waals surface area (Å²) in [6.07, 6.45) is 2.41. The molecule has 0 fully saturated rings. The van der Waals surface area contributed by atoms with Gasteiger partial charge in [0, 0.05) is 13.1 Å².